The number of amides is 1. The van der Waals surface area contributed by atoms with Gasteiger partial charge in [0.15, 0.2) is 11.5 Å². The summed E-state index contributed by atoms with van der Waals surface area (Å²) < 4.78 is 13.2. The standard InChI is InChI=1S/C20H20N2O3/c1-21(13-16-11-14-5-3-4-6-17(14)22(16)2)20(23)15-7-8-18-19(12-15)25-10-9-24-18/h3-8,11-12H,9-10,13H2,1-2H3. The largest absolute Gasteiger partial charge is 0.486 e. The monoisotopic (exact) mass is 336 g/mol. The Balaban J connectivity index is 1.56. The summed E-state index contributed by atoms with van der Waals surface area (Å²) in [6.45, 7) is 1.59. The first-order chi connectivity index (χ1) is 12.1. The second kappa shape index (κ2) is 6.16. The molecule has 1 aromatic heterocycles. The number of aromatic nitrogens is 1. The molecule has 5 heteroatoms. The lowest BCUT2D eigenvalue weighted by Gasteiger charge is -2.21. The maximum Gasteiger partial charge on any atom is 0.254 e. The number of nitrogens with zero attached hydrogens (tertiary/aromatic N) is 2. The molecule has 128 valence electrons. The smallest absolute Gasteiger partial charge is 0.254 e. The zero-order valence-electron chi connectivity index (χ0n) is 14.4. The van der Waals surface area contributed by atoms with Crippen molar-refractivity contribution in [3.63, 3.8) is 0 Å². The lowest BCUT2D eigenvalue weighted by Crippen LogP contribution is -2.27. The van der Waals surface area contributed by atoms with Gasteiger partial charge < -0.3 is 18.9 Å². The minimum atomic E-state index is -0.0396. The second-order valence-corrected chi connectivity index (χ2v) is 6.27. The van der Waals surface area contributed by atoms with Gasteiger partial charge in [0.1, 0.15) is 13.2 Å². The van der Waals surface area contributed by atoms with Crippen LogP contribution in [-0.2, 0) is 13.6 Å². The number of hydrogen-bond donors (Lipinski definition) is 0. The van der Waals surface area contributed by atoms with Gasteiger partial charge in [0.2, 0.25) is 0 Å². The molecular formula is C20H20N2O3. The average Bonchev–Trinajstić information content (AvgIpc) is 2.96. The summed E-state index contributed by atoms with van der Waals surface area (Å²) in [5.74, 6) is 1.29. The Morgan fingerprint density at radius 2 is 1.84 bits per heavy atom. The van der Waals surface area contributed by atoms with Crippen LogP contribution in [0, 0.1) is 0 Å². The van der Waals surface area contributed by atoms with Crippen molar-refractivity contribution in [1.82, 2.24) is 9.47 Å². The molecule has 0 saturated heterocycles. The van der Waals surface area contributed by atoms with Gasteiger partial charge in [-0.25, -0.2) is 0 Å². The van der Waals surface area contributed by atoms with E-state index in [0.29, 0.717) is 36.8 Å². The number of carbonyl (C=O) groups excluding carboxylic acids is 1. The van der Waals surface area contributed by atoms with Gasteiger partial charge in [0, 0.05) is 30.9 Å². The van der Waals surface area contributed by atoms with Gasteiger partial charge in [-0.15, -0.1) is 0 Å². The Morgan fingerprint density at radius 3 is 2.64 bits per heavy atom. The Labute approximate surface area is 146 Å². The van der Waals surface area contributed by atoms with Crippen LogP contribution in [0.2, 0.25) is 0 Å². The quantitative estimate of drug-likeness (QED) is 0.738. The summed E-state index contributed by atoms with van der Waals surface area (Å²) >= 11 is 0. The molecule has 0 aliphatic carbocycles. The molecule has 0 fully saturated rings. The van der Waals surface area contributed by atoms with Crippen molar-refractivity contribution < 1.29 is 14.3 Å². The van der Waals surface area contributed by atoms with E-state index in [9.17, 15) is 4.79 Å². The fourth-order valence-corrected chi connectivity index (χ4v) is 3.21. The van der Waals surface area contributed by atoms with Crippen molar-refractivity contribution in [1.29, 1.82) is 0 Å². The van der Waals surface area contributed by atoms with Crippen LogP contribution in [0.3, 0.4) is 0 Å². The number of benzene rings is 2. The fraction of sp³-hybridized carbons (Fsp3) is 0.250. The van der Waals surface area contributed by atoms with Crippen LogP contribution >= 0.6 is 0 Å². The molecule has 2 heterocycles. The van der Waals surface area contributed by atoms with Gasteiger partial charge in [0.05, 0.1) is 6.54 Å². The first-order valence-electron chi connectivity index (χ1n) is 8.32. The molecule has 0 unspecified atom stereocenters. The highest BCUT2D eigenvalue weighted by atomic mass is 16.6. The van der Waals surface area contributed by atoms with Crippen molar-refractivity contribution in [2.24, 2.45) is 7.05 Å². The van der Waals surface area contributed by atoms with Crippen molar-refractivity contribution in [3.8, 4) is 11.5 Å². The van der Waals surface area contributed by atoms with E-state index in [1.54, 1.807) is 23.1 Å². The number of carbonyl (C=O) groups is 1. The summed E-state index contributed by atoms with van der Waals surface area (Å²) in [5, 5.41) is 1.18. The van der Waals surface area contributed by atoms with Gasteiger partial charge in [-0.1, -0.05) is 18.2 Å². The molecule has 0 bridgehead atoms. The highest BCUT2D eigenvalue weighted by molar-refractivity contribution is 5.94. The lowest BCUT2D eigenvalue weighted by atomic mass is 10.1. The summed E-state index contributed by atoms with van der Waals surface area (Å²) in [6, 6.07) is 15.7. The molecule has 0 atom stereocenters. The van der Waals surface area contributed by atoms with Gasteiger partial charge in [0.25, 0.3) is 5.91 Å². The van der Waals surface area contributed by atoms with Crippen LogP contribution in [0.4, 0.5) is 0 Å². The maximum absolute atomic E-state index is 12.8. The first-order valence-corrected chi connectivity index (χ1v) is 8.32. The molecule has 1 aliphatic heterocycles. The highest BCUT2D eigenvalue weighted by Crippen LogP contribution is 2.31. The molecule has 0 radical (unpaired) electrons. The van der Waals surface area contributed by atoms with E-state index in [1.807, 2.05) is 26.2 Å². The van der Waals surface area contributed by atoms with Crippen LogP contribution in [0.1, 0.15) is 16.1 Å². The molecule has 25 heavy (non-hydrogen) atoms. The van der Waals surface area contributed by atoms with Crippen LogP contribution < -0.4 is 9.47 Å². The van der Waals surface area contributed by atoms with E-state index in [1.165, 1.54) is 5.39 Å². The second-order valence-electron chi connectivity index (χ2n) is 6.27. The predicted molar refractivity (Wildman–Crippen MR) is 96.1 cm³/mol. The first kappa shape index (κ1) is 15.6. The molecule has 0 saturated carbocycles. The van der Waals surface area contributed by atoms with Crippen LogP contribution in [0.25, 0.3) is 10.9 Å². The number of rotatable bonds is 3. The Bertz CT molecular complexity index is 945. The van der Waals surface area contributed by atoms with Crippen molar-refractivity contribution in [2.45, 2.75) is 6.54 Å². The lowest BCUT2D eigenvalue weighted by molar-refractivity contribution is 0.0781. The van der Waals surface area contributed by atoms with Gasteiger partial charge in [-0.3, -0.25) is 4.79 Å². The van der Waals surface area contributed by atoms with E-state index in [0.717, 1.165) is 11.2 Å². The summed E-state index contributed by atoms with van der Waals surface area (Å²) in [5.41, 5.74) is 2.86. The molecule has 4 rings (SSSR count). The highest BCUT2D eigenvalue weighted by Gasteiger charge is 2.18. The fourth-order valence-electron chi connectivity index (χ4n) is 3.21. The summed E-state index contributed by atoms with van der Waals surface area (Å²) in [4.78, 5) is 14.5. The van der Waals surface area contributed by atoms with E-state index in [2.05, 4.69) is 22.8 Å². The minimum Gasteiger partial charge on any atom is -0.486 e. The molecule has 2 aromatic carbocycles. The van der Waals surface area contributed by atoms with Crippen molar-refractivity contribution in [2.75, 3.05) is 20.3 Å². The van der Waals surface area contributed by atoms with E-state index in [-0.39, 0.29) is 5.91 Å². The van der Waals surface area contributed by atoms with Gasteiger partial charge >= 0.3 is 0 Å². The normalized spacial score (nSPS) is 13.0. The zero-order chi connectivity index (χ0) is 17.4. The molecule has 1 amide bonds. The molecule has 5 nitrogen and oxygen atoms in total. The molecule has 0 N–H and O–H groups in total. The summed E-state index contributed by atoms with van der Waals surface area (Å²) in [7, 11) is 3.84. The van der Waals surface area contributed by atoms with Crippen LogP contribution in [-0.4, -0.2) is 35.6 Å². The number of ether oxygens (including phenoxy) is 2. The molecule has 1 aliphatic rings. The predicted octanol–water partition coefficient (Wildman–Crippen LogP) is 3.22. The number of aryl methyl sites for hydroxylation is 1. The van der Waals surface area contributed by atoms with Crippen molar-refractivity contribution >= 4 is 16.8 Å². The SMILES string of the molecule is CN(Cc1cc2ccccc2n1C)C(=O)c1ccc2c(c1)OCCO2. The van der Waals surface area contributed by atoms with Gasteiger partial charge in [-0.2, -0.15) is 0 Å². The number of para-hydroxylation sites is 1. The number of fused-ring (bicyclic) bond motifs is 2. The Morgan fingerprint density at radius 1 is 1.08 bits per heavy atom. The van der Waals surface area contributed by atoms with Crippen LogP contribution in [0.15, 0.2) is 48.5 Å². The topological polar surface area (TPSA) is 43.7 Å². The van der Waals surface area contributed by atoms with Gasteiger partial charge in [-0.05, 0) is 35.7 Å². The van der Waals surface area contributed by atoms with Crippen LogP contribution in [0.5, 0.6) is 11.5 Å². The Hall–Kier alpha value is -2.95. The average molecular weight is 336 g/mol. The Kier molecular flexibility index (Phi) is 3.84. The third-order valence-corrected chi connectivity index (χ3v) is 4.59. The van der Waals surface area contributed by atoms with Crippen molar-refractivity contribution in [3.05, 3.63) is 59.8 Å². The minimum absolute atomic E-state index is 0.0396. The van der Waals surface area contributed by atoms with E-state index >= 15 is 0 Å². The third kappa shape index (κ3) is 2.82. The molecule has 3 aromatic rings. The summed E-state index contributed by atoms with van der Waals surface area (Å²) in [6.07, 6.45) is 0. The molecule has 0 spiro atoms. The third-order valence-electron chi connectivity index (χ3n) is 4.59. The van der Waals surface area contributed by atoms with E-state index < -0.39 is 0 Å². The molecular weight excluding hydrogens is 316 g/mol. The number of hydrogen-bond acceptors (Lipinski definition) is 3. The zero-order valence-corrected chi connectivity index (χ0v) is 14.4. The maximum atomic E-state index is 12.8. The van der Waals surface area contributed by atoms with E-state index in [4.69, 9.17) is 9.47 Å².